The third-order valence-electron chi connectivity index (χ3n) is 5.17. The van der Waals surface area contributed by atoms with E-state index in [9.17, 15) is 27.4 Å². The summed E-state index contributed by atoms with van der Waals surface area (Å²) in [5, 5.41) is 13.4. The van der Waals surface area contributed by atoms with Gasteiger partial charge in [0.05, 0.1) is 22.1 Å². The minimum absolute atomic E-state index is 0.0332. The van der Waals surface area contributed by atoms with Gasteiger partial charge in [0.2, 0.25) is 10.0 Å². The van der Waals surface area contributed by atoms with Gasteiger partial charge in [0.25, 0.3) is 5.56 Å². The molecule has 2 aliphatic rings. The maximum absolute atomic E-state index is 13.1. The topological polar surface area (TPSA) is 153 Å². The summed E-state index contributed by atoms with van der Waals surface area (Å²) in [6, 6.07) is 4.13. The number of aromatic hydroxyl groups is 1. The Balaban J connectivity index is 1.77. The van der Waals surface area contributed by atoms with Crippen molar-refractivity contribution in [3.63, 3.8) is 0 Å². The zero-order valence-electron chi connectivity index (χ0n) is 16.4. The molecule has 1 aromatic carbocycles. The number of aromatic nitrogens is 1. The van der Waals surface area contributed by atoms with Gasteiger partial charge in [-0.2, -0.15) is 0 Å². The minimum Gasteiger partial charge on any atom is -0.506 e. The lowest BCUT2D eigenvalue weighted by Crippen LogP contribution is -2.34. The SMILES string of the molecule is CS(=O)(=O)Nc1ccc2c(c1)S(O)(O)N=C(c1c(O)c(Br)cn(CC3CCC3)c1=O)N2. The third-order valence-corrected chi connectivity index (χ3v) is 7.73. The molecule has 0 atom stereocenters. The standard InChI is InChI=1S/C18H21BrN4O6S2/c1-30(26,27)21-11-5-6-13-14(7-11)31(28,29)22-17(20-13)15-16(24)12(19)9-23(18(15)25)8-10-3-2-4-10/h5-7,9-10,21,24,28-29H,2-4,8H2,1H3,(H,20,22). The number of hydrogen-bond donors (Lipinski definition) is 5. The highest BCUT2D eigenvalue weighted by molar-refractivity contribution is 9.10. The molecule has 0 bridgehead atoms. The molecule has 2 aromatic rings. The monoisotopic (exact) mass is 532 g/mol. The first-order chi connectivity index (χ1) is 14.4. The Bertz CT molecular complexity index is 1250. The van der Waals surface area contributed by atoms with E-state index in [1.54, 1.807) is 0 Å². The molecule has 0 spiro atoms. The highest BCUT2D eigenvalue weighted by Crippen LogP contribution is 2.56. The zero-order chi connectivity index (χ0) is 22.6. The Morgan fingerprint density at radius 2 is 2.06 bits per heavy atom. The molecule has 4 rings (SSSR count). The van der Waals surface area contributed by atoms with Crippen molar-refractivity contribution in [2.24, 2.45) is 10.3 Å². The quantitative estimate of drug-likeness (QED) is 0.395. The van der Waals surface area contributed by atoms with E-state index in [0.717, 1.165) is 25.5 Å². The number of nitrogens with one attached hydrogen (secondary N) is 2. The molecule has 1 aliphatic heterocycles. The lowest BCUT2D eigenvalue weighted by molar-refractivity contribution is 0.273. The van der Waals surface area contributed by atoms with Crippen LogP contribution in [-0.2, 0) is 16.6 Å². The molecule has 0 amide bonds. The Morgan fingerprint density at radius 1 is 1.35 bits per heavy atom. The normalized spacial score (nSPS) is 18.9. The number of hydrogen-bond acceptors (Lipinski definition) is 8. The smallest absolute Gasteiger partial charge is 0.265 e. The van der Waals surface area contributed by atoms with Gasteiger partial charge in [-0.15, -0.1) is 4.40 Å². The van der Waals surface area contributed by atoms with Crippen LogP contribution in [0.15, 0.2) is 43.0 Å². The van der Waals surface area contributed by atoms with Crippen molar-refractivity contribution >= 4 is 53.9 Å². The van der Waals surface area contributed by atoms with E-state index in [-0.39, 0.29) is 37.9 Å². The van der Waals surface area contributed by atoms with Gasteiger partial charge in [0, 0.05) is 12.7 Å². The number of rotatable bonds is 5. The van der Waals surface area contributed by atoms with Crippen molar-refractivity contribution in [1.29, 1.82) is 0 Å². The van der Waals surface area contributed by atoms with Crippen LogP contribution in [0, 0.1) is 5.92 Å². The van der Waals surface area contributed by atoms with E-state index in [1.165, 1.54) is 29.0 Å². The van der Waals surface area contributed by atoms with Crippen molar-refractivity contribution in [2.75, 3.05) is 16.3 Å². The van der Waals surface area contributed by atoms with Crippen molar-refractivity contribution in [1.82, 2.24) is 4.57 Å². The number of amidine groups is 1. The molecule has 31 heavy (non-hydrogen) atoms. The number of pyridine rings is 1. The van der Waals surface area contributed by atoms with Crippen LogP contribution in [0.3, 0.4) is 0 Å². The summed E-state index contributed by atoms with van der Waals surface area (Å²) in [6.07, 6.45) is 5.66. The average molecular weight is 533 g/mol. The van der Waals surface area contributed by atoms with Crippen molar-refractivity contribution in [3.05, 3.63) is 44.8 Å². The van der Waals surface area contributed by atoms with Gasteiger partial charge in [-0.1, -0.05) is 17.2 Å². The van der Waals surface area contributed by atoms with Gasteiger partial charge < -0.3 is 15.0 Å². The predicted molar refractivity (Wildman–Crippen MR) is 124 cm³/mol. The number of halogens is 1. The maximum atomic E-state index is 13.1. The van der Waals surface area contributed by atoms with Crippen molar-refractivity contribution in [2.45, 2.75) is 30.7 Å². The Labute approximate surface area is 188 Å². The Hall–Kier alpha value is -2.06. The van der Waals surface area contributed by atoms with Crippen LogP contribution in [-0.4, -0.2) is 39.3 Å². The molecule has 168 valence electrons. The number of benzene rings is 1. The molecule has 0 saturated heterocycles. The van der Waals surface area contributed by atoms with Gasteiger partial charge in [-0.25, -0.2) is 8.42 Å². The third kappa shape index (κ3) is 4.46. The molecular weight excluding hydrogens is 512 g/mol. The highest BCUT2D eigenvalue weighted by Gasteiger charge is 2.31. The first-order valence-electron chi connectivity index (χ1n) is 9.34. The molecule has 10 nitrogen and oxygen atoms in total. The lowest BCUT2D eigenvalue weighted by Gasteiger charge is -2.34. The summed E-state index contributed by atoms with van der Waals surface area (Å²) in [4.78, 5) is 13.0. The van der Waals surface area contributed by atoms with Crippen molar-refractivity contribution < 1.29 is 22.6 Å². The number of fused-ring (bicyclic) bond motifs is 1. The van der Waals surface area contributed by atoms with E-state index in [4.69, 9.17) is 0 Å². The Morgan fingerprint density at radius 3 is 2.68 bits per heavy atom. The van der Waals surface area contributed by atoms with E-state index in [2.05, 4.69) is 30.4 Å². The molecule has 1 fully saturated rings. The first-order valence-corrected chi connectivity index (χ1v) is 13.5. The number of sulfonamides is 1. The fraction of sp³-hybridized carbons (Fsp3) is 0.333. The molecule has 2 heterocycles. The van der Waals surface area contributed by atoms with Crippen LogP contribution in [0.5, 0.6) is 5.75 Å². The minimum atomic E-state index is -3.78. The summed E-state index contributed by atoms with van der Waals surface area (Å²) >= 11 is 3.25. The molecule has 1 aromatic heterocycles. The number of anilines is 2. The summed E-state index contributed by atoms with van der Waals surface area (Å²) in [5.74, 6) is -0.164. The van der Waals surface area contributed by atoms with Crippen LogP contribution in [0.2, 0.25) is 0 Å². The summed E-state index contributed by atoms with van der Waals surface area (Å²) < 4.78 is 52.1. The molecule has 0 radical (unpaired) electrons. The predicted octanol–water partition coefficient (Wildman–Crippen LogP) is 3.38. The summed E-state index contributed by atoms with van der Waals surface area (Å²) in [5.41, 5.74) is -0.325. The molecule has 5 N–H and O–H groups in total. The van der Waals surface area contributed by atoms with Crippen LogP contribution >= 0.6 is 26.7 Å². The summed E-state index contributed by atoms with van der Waals surface area (Å²) in [7, 11) is -7.34. The lowest BCUT2D eigenvalue weighted by atomic mass is 9.85. The molecule has 1 saturated carbocycles. The van der Waals surface area contributed by atoms with Crippen molar-refractivity contribution in [3.8, 4) is 5.75 Å². The first kappa shape index (κ1) is 22.1. The van der Waals surface area contributed by atoms with E-state index in [0.29, 0.717) is 12.5 Å². The van der Waals surface area contributed by atoms with Gasteiger partial charge >= 0.3 is 0 Å². The Kier molecular flexibility index (Phi) is 5.58. The van der Waals surface area contributed by atoms with E-state index >= 15 is 0 Å². The van der Waals surface area contributed by atoms with E-state index < -0.39 is 26.4 Å². The number of nitrogens with zero attached hydrogens (tertiary/aromatic N) is 2. The van der Waals surface area contributed by atoms with Gasteiger partial charge in [-0.05, 0) is 52.9 Å². The summed E-state index contributed by atoms with van der Waals surface area (Å²) in [6.45, 7) is 0.491. The van der Waals surface area contributed by atoms with Gasteiger partial charge in [-0.3, -0.25) is 18.6 Å². The van der Waals surface area contributed by atoms with E-state index in [1.807, 2.05) is 0 Å². The second-order valence-corrected chi connectivity index (χ2v) is 11.9. The zero-order valence-corrected chi connectivity index (χ0v) is 19.6. The van der Waals surface area contributed by atoms with Crippen LogP contribution in [0.1, 0.15) is 24.8 Å². The average Bonchev–Trinajstić information content (AvgIpc) is 2.61. The van der Waals surface area contributed by atoms with Crippen LogP contribution in [0.4, 0.5) is 11.4 Å². The maximum Gasteiger partial charge on any atom is 0.265 e. The second kappa shape index (κ2) is 7.81. The molecule has 0 unspecified atom stereocenters. The fourth-order valence-electron chi connectivity index (χ4n) is 3.49. The van der Waals surface area contributed by atoms with Gasteiger partial charge in [0.15, 0.2) is 5.84 Å². The van der Waals surface area contributed by atoms with Gasteiger partial charge in [0.1, 0.15) is 16.2 Å². The fourth-order valence-corrected chi connectivity index (χ4v) is 5.68. The second-order valence-electron chi connectivity index (χ2n) is 7.62. The molecular formula is C18H21BrN4O6S2. The largest absolute Gasteiger partial charge is 0.506 e. The van der Waals surface area contributed by atoms with Crippen LogP contribution < -0.4 is 15.6 Å². The molecule has 1 aliphatic carbocycles. The molecule has 13 heteroatoms. The highest BCUT2D eigenvalue weighted by atomic mass is 79.9. The van der Waals surface area contributed by atoms with Crippen LogP contribution in [0.25, 0.3) is 0 Å².